The highest BCUT2D eigenvalue weighted by atomic mass is 79.9. The van der Waals surface area contributed by atoms with Crippen LogP contribution in [0.5, 0.6) is 0 Å². The van der Waals surface area contributed by atoms with E-state index < -0.39 is 0 Å². The first kappa shape index (κ1) is 8.75. The van der Waals surface area contributed by atoms with E-state index in [0.29, 0.717) is 6.42 Å². The van der Waals surface area contributed by atoms with Gasteiger partial charge in [-0.25, -0.2) is 0 Å². The number of para-hydroxylation sites is 1. The maximum atomic E-state index is 11.6. The molecule has 0 fully saturated rings. The number of anilines is 1. The zero-order valence-electron chi connectivity index (χ0n) is 7.14. The molecular formula is C10H10BrNO. The van der Waals surface area contributed by atoms with Crippen molar-refractivity contribution in [1.82, 2.24) is 0 Å². The van der Waals surface area contributed by atoms with Crippen molar-refractivity contribution in [1.29, 1.82) is 0 Å². The van der Waals surface area contributed by atoms with Crippen molar-refractivity contribution in [2.24, 2.45) is 0 Å². The van der Waals surface area contributed by atoms with Gasteiger partial charge in [-0.05, 0) is 34.5 Å². The van der Waals surface area contributed by atoms with Crippen LogP contribution in [0.1, 0.15) is 23.2 Å². The Morgan fingerprint density at radius 1 is 1.38 bits per heavy atom. The molecule has 0 saturated heterocycles. The molecule has 1 aromatic rings. The number of nitrogens with one attached hydrogen (secondary N) is 1. The number of halogens is 1. The number of hydrogen-bond acceptors (Lipinski definition) is 2. The van der Waals surface area contributed by atoms with Gasteiger partial charge < -0.3 is 5.32 Å². The maximum Gasteiger partial charge on any atom is 0.165 e. The van der Waals surface area contributed by atoms with Gasteiger partial charge in [-0.15, -0.1) is 0 Å². The van der Waals surface area contributed by atoms with Gasteiger partial charge in [0, 0.05) is 23.0 Å². The molecule has 1 aliphatic rings. The molecule has 0 spiro atoms. The molecule has 2 rings (SSSR count). The minimum absolute atomic E-state index is 0.237. The second-order valence-electron chi connectivity index (χ2n) is 3.12. The summed E-state index contributed by atoms with van der Waals surface area (Å²) in [7, 11) is 0. The van der Waals surface area contributed by atoms with Crippen LogP contribution in [0, 0.1) is 0 Å². The van der Waals surface area contributed by atoms with Gasteiger partial charge in [0.15, 0.2) is 5.78 Å². The Morgan fingerprint density at radius 2 is 2.23 bits per heavy atom. The fraction of sp³-hybridized carbons (Fsp3) is 0.300. The van der Waals surface area contributed by atoms with E-state index in [0.717, 1.165) is 28.7 Å². The summed E-state index contributed by atoms with van der Waals surface area (Å²) < 4.78 is 0.972. The van der Waals surface area contributed by atoms with Crippen LogP contribution in [0.2, 0.25) is 0 Å². The minimum atomic E-state index is 0.237. The Balaban J connectivity index is 2.54. The molecule has 0 unspecified atom stereocenters. The average molecular weight is 240 g/mol. The van der Waals surface area contributed by atoms with Crippen LogP contribution in [0.15, 0.2) is 22.7 Å². The molecule has 0 radical (unpaired) electrons. The van der Waals surface area contributed by atoms with Gasteiger partial charge in [0.2, 0.25) is 0 Å². The number of fused-ring (bicyclic) bond motifs is 1. The van der Waals surface area contributed by atoms with Crippen LogP contribution in [0.3, 0.4) is 0 Å². The summed E-state index contributed by atoms with van der Waals surface area (Å²) in [6, 6.07) is 5.72. The Kier molecular flexibility index (Phi) is 2.36. The third-order valence-corrected chi connectivity index (χ3v) is 2.86. The molecule has 1 aliphatic heterocycles. The normalized spacial score (nSPS) is 15.9. The predicted octanol–water partition coefficient (Wildman–Crippen LogP) is 2.84. The van der Waals surface area contributed by atoms with Gasteiger partial charge in [0.1, 0.15) is 0 Å². The highest BCUT2D eigenvalue weighted by Crippen LogP contribution is 2.29. The standard InChI is InChI=1S/C10H10BrNO/c11-8-4-1-3-7-9(13)5-2-6-12-10(7)8/h1,3-4,12H,2,5-6H2. The quantitative estimate of drug-likeness (QED) is 0.755. The van der Waals surface area contributed by atoms with E-state index in [4.69, 9.17) is 0 Å². The lowest BCUT2D eigenvalue weighted by atomic mass is 10.1. The zero-order chi connectivity index (χ0) is 9.26. The van der Waals surface area contributed by atoms with Crippen molar-refractivity contribution in [3.8, 4) is 0 Å². The SMILES string of the molecule is O=C1CCCNc2c(Br)cccc21. The number of ketones is 1. The Labute approximate surface area is 85.5 Å². The summed E-state index contributed by atoms with van der Waals surface area (Å²) in [5, 5.41) is 3.26. The minimum Gasteiger partial charge on any atom is -0.384 e. The first-order valence-electron chi connectivity index (χ1n) is 4.34. The summed E-state index contributed by atoms with van der Waals surface area (Å²) in [6.07, 6.45) is 1.57. The summed E-state index contributed by atoms with van der Waals surface area (Å²) >= 11 is 3.43. The van der Waals surface area contributed by atoms with Crippen molar-refractivity contribution < 1.29 is 4.79 Å². The van der Waals surface area contributed by atoms with Crippen LogP contribution in [-0.2, 0) is 0 Å². The van der Waals surface area contributed by atoms with E-state index in [9.17, 15) is 4.79 Å². The molecule has 1 N–H and O–H groups in total. The predicted molar refractivity (Wildman–Crippen MR) is 56.2 cm³/mol. The van der Waals surface area contributed by atoms with Crippen molar-refractivity contribution in [3.05, 3.63) is 28.2 Å². The lowest BCUT2D eigenvalue weighted by Crippen LogP contribution is -2.00. The van der Waals surface area contributed by atoms with Crippen molar-refractivity contribution >= 4 is 27.4 Å². The molecule has 0 aliphatic carbocycles. The second-order valence-corrected chi connectivity index (χ2v) is 3.97. The van der Waals surface area contributed by atoms with Crippen LogP contribution in [-0.4, -0.2) is 12.3 Å². The van der Waals surface area contributed by atoms with Gasteiger partial charge >= 0.3 is 0 Å². The Morgan fingerprint density at radius 3 is 3.08 bits per heavy atom. The van der Waals surface area contributed by atoms with Gasteiger partial charge in [-0.3, -0.25) is 4.79 Å². The molecule has 0 saturated carbocycles. The van der Waals surface area contributed by atoms with E-state index in [1.165, 1.54) is 0 Å². The molecule has 13 heavy (non-hydrogen) atoms. The van der Waals surface area contributed by atoms with Crippen LogP contribution >= 0.6 is 15.9 Å². The van der Waals surface area contributed by atoms with Crippen molar-refractivity contribution in [3.63, 3.8) is 0 Å². The number of Topliss-reactive ketones (excluding diaryl/α,β-unsaturated/α-hetero) is 1. The molecule has 1 aromatic carbocycles. The van der Waals surface area contributed by atoms with Crippen LogP contribution in [0.25, 0.3) is 0 Å². The van der Waals surface area contributed by atoms with Crippen LogP contribution < -0.4 is 5.32 Å². The number of hydrogen-bond donors (Lipinski definition) is 1. The van der Waals surface area contributed by atoms with E-state index in [-0.39, 0.29) is 5.78 Å². The topological polar surface area (TPSA) is 29.1 Å². The monoisotopic (exact) mass is 239 g/mol. The van der Waals surface area contributed by atoms with Gasteiger partial charge in [-0.2, -0.15) is 0 Å². The molecule has 68 valence electrons. The summed E-state index contributed by atoms with van der Waals surface area (Å²) in [4.78, 5) is 11.6. The lowest BCUT2D eigenvalue weighted by Gasteiger charge is -2.07. The van der Waals surface area contributed by atoms with Crippen LogP contribution in [0.4, 0.5) is 5.69 Å². The molecule has 1 heterocycles. The lowest BCUT2D eigenvalue weighted by molar-refractivity contribution is 0.0984. The number of carbonyl (C=O) groups is 1. The largest absolute Gasteiger partial charge is 0.384 e. The fourth-order valence-corrected chi connectivity index (χ4v) is 2.04. The van der Waals surface area contributed by atoms with Crippen molar-refractivity contribution in [2.45, 2.75) is 12.8 Å². The zero-order valence-corrected chi connectivity index (χ0v) is 8.73. The summed E-state index contributed by atoms with van der Waals surface area (Å²) in [5.74, 6) is 0.237. The van der Waals surface area contributed by atoms with E-state index in [1.807, 2.05) is 18.2 Å². The third-order valence-electron chi connectivity index (χ3n) is 2.20. The number of rotatable bonds is 0. The van der Waals surface area contributed by atoms with E-state index in [2.05, 4.69) is 21.2 Å². The highest BCUT2D eigenvalue weighted by molar-refractivity contribution is 9.10. The Hall–Kier alpha value is -0.830. The smallest absolute Gasteiger partial charge is 0.165 e. The molecule has 0 bridgehead atoms. The molecular weight excluding hydrogens is 230 g/mol. The molecule has 3 heteroatoms. The summed E-state index contributed by atoms with van der Waals surface area (Å²) in [5.41, 5.74) is 1.76. The van der Waals surface area contributed by atoms with Gasteiger partial charge in [0.05, 0.1) is 5.69 Å². The van der Waals surface area contributed by atoms with Gasteiger partial charge in [0.25, 0.3) is 0 Å². The number of carbonyl (C=O) groups excluding carboxylic acids is 1. The summed E-state index contributed by atoms with van der Waals surface area (Å²) in [6.45, 7) is 0.876. The molecule has 0 amide bonds. The van der Waals surface area contributed by atoms with E-state index >= 15 is 0 Å². The van der Waals surface area contributed by atoms with Crippen molar-refractivity contribution in [2.75, 3.05) is 11.9 Å². The maximum absolute atomic E-state index is 11.6. The molecule has 0 atom stereocenters. The second kappa shape index (κ2) is 3.50. The first-order chi connectivity index (χ1) is 6.29. The van der Waals surface area contributed by atoms with Gasteiger partial charge in [-0.1, -0.05) is 6.07 Å². The third kappa shape index (κ3) is 1.61. The Bertz CT molecular complexity index is 349. The van der Waals surface area contributed by atoms with E-state index in [1.54, 1.807) is 0 Å². The number of benzene rings is 1. The highest BCUT2D eigenvalue weighted by Gasteiger charge is 2.16. The molecule has 2 nitrogen and oxygen atoms in total. The fourth-order valence-electron chi connectivity index (χ4n) is 1.53. The first-order valence-corrected chi connectivity index (χ1v) is 5.14. The average Bonchev–Trinajstić information content (AvgIpc) is 2.30. The molecule has 0 aromatic heterocycles.